The molecule has 1 fully saturated rings. The molecule has 0 radical (unpaired) electrons. The Bertz CT molecular complexity index is 567. The van der Waals surface area contributed by atoms with Gasteiger partial charge in [0.2, 0.25) is 0 Å². The molecule has 1 aromatic rings. The van der Waals surface area contributed by atoms with Crippen LogP contribution in [0, 0.1) is 18.8 Å². The third-order valence-electron chi connectivity index (χ3n) is 3.90. The van der Waals surface area contributed by atoms with Crippen molar-refractivity contribution in [2.24, 2.45) is 0 Å². The number of carbonyl (C=O) groups excluding carboxylic acids is 1. The largest absolute Gasteiger partial charge is 0.395 e. The molecule has 0 aromatic heterocycles. The Hall–Kier alpha value is -1.83. The van der Waals surface area contributed by atoms with Gasteiger partial charge in [-0.3, -0.25) is 4.79 Å². The molecule has 0 spiro atoms. The first-order chi connectivity index (χ1) is 10.2. The second-order valence-corrected chi connectivity index (χ2v) is 5.30. The van der Waals surface area contributed by atoms with Crippen molar-refractivity contribution >= 4 is 5.91 Å². The predicted octanol–water partition coefficient (Wildman–Crippen LogP) is 1.33. The van der Waals surface area contributed by atoms with Gasteiger partial charge in [-0.25, -0.2) is 0 Å². The second-order valence-electron chi connectivity index (χ2n) is 5.30. The number of amides is 1. The van der Waals surface area contributed by atoms with E-state index in [4.69, 9.17) is 5.11 Å². The summed E-state index contributed by atoms with van der Waals surface area (Å²) in [4.78, 5) is 14.4. The molecule has 1 amide bonds. The molecule has 1 aliphatic carbocycles. The van der Waals surface area contributed by atoms with Crippen LogP contribution in [0.2, 0.25) is 0 Å². The van der Waals surface area contributed by atoms with Crippen molar-refractivity contribution < 1.29 is 15.0 Å². The summed E-state index contributed by atoms with van der Waals surface area (Å²) in [6.45, 7) is 2.07. The lowest BCUT2D eigenvalue weighted by atomic mass is 9.90. The summed E-state index contributed by atoms with van der Waals surface area (Å²) in [6, 6.07) is 5.68. The van der Waals surface area contributed by atoms with Crippen LogP contribution in [-0.2, 0) is 0 Å². The van der Waals surface area contributed by atoms with Gasteiger partial charge >= 0.3 is 0 Å². The molecule has 21 heavy (non-hydrogen) atoms. The van der Waals surface area contributed by atoms with Crippen molar-refractivity contribution in [3.8, 4) is 11.8 Å². The van der Waals surface area contributed by atoms with E-state index in [0.717, 1.165) is 30.4 Å². The summed E-state index contributed by atoms with van der Waals surface area (Å²) in [5.74, 6) is 5.42. The lowest BCUT2D eigenvalue weighted by Crippen LogP contribution is -2.45. The summed E-state index contributed by atoms with van der Waals surface area (Å²) < 4.78 is 0. The van der Waals surface area contributed by atoms with Crippen LogP contribution in [0.5, 0.6) is 0 Å². The first-order valence-electron chi connectivity index (χ1n) is 7.29. The zero-order valence-corrected chi connectivity index (χ0v) is 12.3. The Morgan fingerprint density at radius 1 is 1.38 bits per heavy atom. The number of aryl methyl sites for hydroxylation is 1. The van der Waals surface area contributed by atoms with E-state index >= 15 is 0 Å². The summed E-state index contributed by atoms with van der Waals surface area (Å²) in [5.41, 5.74) is 2.32. The van der Waals surface area contributed by atoms with Crippen molar-refractivity contribution in [2.45, 2.75) is 32.2 Å². The minimum absolute atomic E-state index is 0.0225. The van der Waals surface area contributed by atoms with Gasteiger partial charge in [0.1, 0.15) is 6.61 Å². The molecule has 4 nitrogen and oxygen atoms in total. The monoisotopic (exact) mass is 287 g/mol. The van der Waals surface area contributed by atoms with E-state index in [0.29, 0.717) is 12.1 Å². The van der Waals surface area contributed by atoms with Crippen molar-refractivity contribution in [2.75, 3.05) is 19.8 Å². The zero-order chi connectivity index (χ0) is 15.2. The fraction of sp³-hybridized carbons (Fsp3) is 0.471. The van der Waals surface area contributed by atoms with E-state index < -0.39 is 0 Å². The van der Waals surface area contributed by atoms with E-state index in [-0.39, 0.29) is 25.2 Å². The van der Waals surface area contributed by atoms with E-state index in [2.05, 4.69) is 11.8 Å². The molecule has 0 unspecified atom stereocenters. The molecule has 0 heterocycles. The SMILES string of the molecule is Cc1ccc(C(=O)N(CCO)C2CCC2)cc1C#CCO. The molecule has 112 valence electrons. The molecule has 4 heteroatoms. The van der Waals surface area contributed by atoms with Crippen molar-refractivity contribution in [1.82, 2.24) is 4.90 Å². The molecule has 1 saturated carbocycles. The Morgan fingerprint density at radius 3 is 2.71 bits per heavy atom. The topological polar surface area (TPSA) is 60.8 Å². The van der Waals surface area contributed by atoms with E-state index in [9.17, 15) is 9.90 Å². The number of rotatable bonds is 4. The molecule has 0 bridgehead atoms. The first kappa shape index (κ1) is 15.6. The van der Waals surface area contributed by atoms with Gasteiger partial charge in [0, 0.05) is 23.7 Å². The third kappa shape index (κ3) is 3.63. The maximum atomic E-state index is 12.6. The summed E-state index contributed by atoms with van der Waals surface area (Å²) in [7, 11) is 0. The maximum absolute atomic E-state index is 12.6. The second kappa shape index (κ2) is 7.26. The maximum Gasteiger partial charge on any atom is 0.254 e. The zero-order valence-electron chi connectivity index (χ0n) is 12.3. The van der Waals surface area contributed by atoms with Crippen LogP contribution in [0.15, 0.2) is 18.2 Å². The molecule has 0 atom stereocenters. The highest BCUT2D eigenvalue weighted by molar-refractivity contribution is 5.95. The fourth-order valence-electron chi connectivity index (χ4n) is 2.45. The van der Waals surface area contributed by atoms with Gasteiger partial charge in [-0.2, -0.15) is 0 Å². The first-order valence-corrected chi connectivity index (χ1v) is 7.29. The van der Waals surface area contributed by atoms with Crippen LogP contribution in [0.3, 0.4) is 0 Å². The molecular formula is C17H21NO3. The van der Waals surface area contributed by atoms with Crippen molar-refractivity contribution in [1.29, 1.82) is 0 Å². The number of hydrogen-bond acceptors (Lipinski definition) is 3. The lowest BCUT2D eigenvalue weighted by molar-refractivity contribution is 0.0526. The van der Waals surface area contributed by atoms with Crippen LogP contribution < -0.4 is 0 Å². The number of benzene rings is 1. The summed E-state index contributed by atoms with van der Waals surface area (Å²) >= 11 is 0. The summed E-state index contributed by atoms with van der Waals surface area (Å²) in [6.07, 6.45) is 3.16. The average molecular weight is 287 g/mol. The number of aliphatic hydroxyl groups is 2. The van der Waals surface area contributed by atoms with Gasteiger partial charge in [0.05, 0.1) is 6.61 Å². The Labute approximate surface area is 125 Å². The van der Waals surface area contributed by atoms with Crippen LogP contribution in [0.4, 0.5) is 0 Å². The molecule has 2 N–H and O–H groups in total. The minimum atomic E-state index is -0.198. The normalized spacial score (nSPS) is 14.0. The quantitative estimate of drug-likeness (QED) is 0.821. The Balaban J connectivity index is 2.24. The molecule has 1 aromatic carbocycles. The fourth-order valence-corrected chi connectivity index (χ4v) is 2.45. The van der Waals surface area contributed by atoms with E-state index in [1.54, 1.807) is 17.0 Å². The summed E-state index contributed by atoms with van der Waals surface area (Å²) in [5, 5.41) is 18.0. The Morgan fingerprint density at radius 2 is 2.14 bits per heavy atom. The highest BCUT2D eigenvalue weighted by atomic mass is 16.3. The standard InChI is InChI=1S/C17H21NO3/c1-13-7-8-15(12-14(13)4-3-10-19)17(21)18(9-11-20)16-5-2-6-16/h7-8,12,16,19-20H,2,5-6,9-11H2,1H3. The van der Waals surface area contributed by atoms with E-state index in [1.807, 2.05) is 13.0 Å². The number of aliphatic hydroxyl groups excluding tert-OH is 2. The smallest absolute Gasteiger partial charge is 0.254 e. The van der Waals surface area contributed by atoms with Crippen LogP contribution >= 0.6 is 0 Å². The predicted molar refractivity (Wildman–Crippen MR) is 80.9 cm³/mol. The molecule has 0 saturated heterocycles. The van der Waals surface area contributed by atoms with Crippen LogP contribution in [-0.4, -0.2) is 46.8 Å². The lowest BCUT2D eigenvalue weighted by Gasteiger charge is -2.37. The van der Waals surface area contributed by atoms with Gasteiger partial charge in [0.25, 0.3) is 5.91 Å². The van der Waals surface area contributed by atoms with Gasteiger partial charge in [-0.1, -0.05) is 17.9 Å². The third-order valence-corrected chi connectivity index (χ3v) is 3.90. The van der Waals surface area contributed by atoms with Gasteiger partial charge in [0.15, 0.2) is 0 Å². The molecule has 0 aliphatic heterocycles. The van der Waals surface area contributed by atoms with Gasteiger partial charge < -0.3 is 15.1 Å². The Kier molecular flexibility index (Phi) is 5.38. The molecule has 1 aliphatic rings. The average Bonchev–Trinajstić information content (AvgIpc) is 2.43. The highest BCUT2D eigenvalue weighted by Crippen LogP contribution is 2.26. The van der Waals surface area contributed by atoms with Gasteiger partial charge in [-0.05, 0) is 43.9 Å². The van der Waals surface area contributed by atoms with Crippen molar-refractivity contribution in [3.63, 3.8) is 0 Å². The van der Waals surface area contributed by atoms with E-state index in [1.165, 1.54) is 0 Å². The highest BCUT2D eigenvalue weighted by Gasteiger charge is 2.29. The van der Waals surface area contributed by atoms with Crippen LogP contribution in [0.1, 0.15) is 40.7 Å². The van der Waals surface area contributed by atoms with Crippen LogP contribution in [0.25, 0.3) is 0 Å². The molecule has 2 rings (SSSR count). The number of carbonyl (C=O) groups is 1. The number of hydrogen-bond donors (Lipinski definition) is 2. The van der Waals surface area contributed by atoms with Crippen molar-refractivity contribution in [3.05, 3.63) is 34.9 Å². The minimum Gasteiger partial charge on any atom is -0.395 e. The number of nitrogens with zero attached hydrogens (tertiary/aromatic N) is 1. The molecular weight excluding hydrogens is 266 g/mol. The van der Waals surface area contributed by atoms with Gasteiger partial charge in [-0.15, -0.1) is 0 Å².